The van der Waals surface area contributed by atoms with Gasteiger partial charge in [0, 0.05) is 44.7 Å². The molecule has 5 heteroatoms. The number of aryl methyl sites for hydroxylation is 4. The van der Waals surface area contributed by atoms with Crippen LogP contribution >= 0.6 is 0 Å². The first-order valence-corrected chi connectivity index (χ1v) is 9.35. The van der Waals surface area contributed by atoms with Crippen LogP contribution in [0.25, 0.3) is 34.5 Å². The number of benzene rings is 2. The van der Waals surface area contributed by atoms with Gasteiger partial charge in [-0.3, -0.25) is 14.6 Å². The van der Waals surface area contributed by atoms with E-state index in [1.54, 1.807) is 7.05 Å². The van der Waals surface area contributed by atoms with Gasteiger partial charge in [0.05, 0.1) is 21.6 Å². The van der Waals surface area contributed by atoms with Crippen molar-refractivity contribution in [3.63, 3.8) is 0 Å². The van der Waals surface area contributed by atoms with E-state index >= 15 is 0 Å². The number of nitrogens with one attached hydrogen (secondary N) is 1. The Labute approximate surface area is 163 Å². The summed E-state index contributed by atoms with van der Waals surface area (Å²) in [4.78, 5) is 14.5. The molecule has 0 aliphatic rings. The van der Waals surface area contributed by atoms with Gasteiger partial charge in [0.25, 0.3) is 5.56 Å². The van der Waals surface area contributed by atoms with Gasteiger partial charge in [-0.05, 0) is 60.9 Å². The Bertz CT molecular complexity index is 1410. The van der Waals surface area contributed by atoms with Gasteiger partial charge in [-0.25, -0.2) is 0 Å². The van der Waals surface area contributed by atoms with Crippen LogP contribution in [0.5, 0.6) is 0 Å². The van der Waals surface area contributed by atoms with E-state index in [1.165, 1.54) is 43.3 Å². The smallest absolute Gasteiger partial charge is 0.274 e. The van der Waals surface area contributed by atoms with Gasteiger partial charge in [-0.1, -0.05) is 6.58 Å². The lowest BCUT2D eigenvalue weighted by atomic mass is 10.0. The van der Waals surface area contributed by atoms with Crippen LogP contribution in [0.2, 0.25) is 0 Å². The van der Waals surface area contributed by atoms with Crippen molar-refractivity contribution < 1.29 is 0 Å². The second-order valence-electron chi connectivity index (χ2n) is 7.86. The van der Waals surface area contributed by atoms with E-state index in [0.29, 0.717) is 10.6 Å². The van der Waals surface area contributed by atoms with Crippen molar-refractivity contribution in [2.24, 2.45) is 14.1 Å². The highest BCUT2D eigenvalue weighted by Crippen LogP contribution is 2.35. The molecule has 4 aromatic rings. The maximum absolute atomic E-state index is 12.4. The third-order valence-electron chi connectivity index (χ3n) is 5.58. The number of anilines is 1. The minimum absolute atomic E-state index is 0.0628. The predicted molar refractivity (Wildman–Crippen MR) is 119 cm³/mol. The Kier molecular flexibility index (Phi) is 4.00. The van der Waals surface area contributed by atoms with Crippen LogP contribution < -0.4 is 21.0 Å². The normalized spacial score (nSPS) is 12.4. The average molecular weight is 374 g/mol. The van der Waals surface area contributed by atoms with E-state index in [4.69, 9.17) is 0 Å². The van der Waals surface area contributed by atoms with E-state index in [-0.39, 0.29) is 5.56 Å². The fraction of sp³-hybridized carbons (Fsp3) is 0.261. The second-order valence-corrected chi connectivity index (χ2v) is 7.86. The Morgan fingerprint density at radius 1 is 1.04 bits per heavy atom. The Morgan fingerprint density at radius 2 is 1.75 bits per heavy atom. The summed E-state index contributed by atoms with van der Waals surface area (Å²) in [5.74, 6) is 0. The van der Waals surface area contributed by atoms with Crippen molar-refractivity contribution in [2.45, 2.75) is 13.8 Å². The third-order valence-corrected chi connectivity index (χ3v) is 5.58. The molecule has 0 saturated carbocycles. The molecule has 2 aromatic carbocycles. The van der Waals surface area contributed by atoms with E-state index < -0.39 is 0 Å². The Hall–Kier alpha value is -3.21. The molecule has 0 radical (unpaired) electrons. The summed E-state index contributed by atoms with van der Waals surface area (Å²) in [5.41, 5.74) is 7.03. The maximum Gasteiger partial charge on any atom is 0.274 e. The SMILES string of the molecule is C=c1[nH]n(C)c(=O)c1=Cc1cc(C)c2c(c1)c1cc(C)c(N(C)C)cc1n2C. The van der Waals surface area contributed by atoms with Gasteiger partial charge in [-0.15, -0.1) is 0 Å². The molecule has 5 nitrogen and oxygen atoms in total. The van der Waals surface area contributed by atoms with Gasteiger partial charge in [-0.2, -0.15) is 0 Å². The number of H-pyrrole nitrogens is 1. The zero-order valence-corrected chi connectivity index (χ0v) is 17.3. The first-order valence-electron chi connectivity index (χ1n) is 9.35. The molecule has 1 N–H and O–H groups in total. The third kappa shape index (κ3) is 2.58. The summed E-state index contributed by atoms with van der Waals surface area (Å²) < 4.78 is 3.72. The number of hydrogen-bond donors (Lipinski definition) is 1. The number of hydrogen-bond acceptors (Lipinski definition) is 2. The zero-order valence-electron chi connectivity index (χ0n) is 17.3. The van der Waals surface area contributed by atoms with Gasteiger partial charge < -0.3 is 9.47 Å². The number of rotatable bonds is 2. The minimum atomic E-state index is -0.0628. The molecular weight excluding hydrogens is 348 g/mol. The average Bonchev–Trinajstić information content (AvgIpc) is 3.02. The molecule has 0 aliphatic carbocycles. The summed E-state index contributed by atoms with van der Waals surface area (Å²) in [7, 11) is 7.97. The topological polar surface area (TPSA) is 46.0 Å². The predicted octanol–water partition coefficient (Wildman–Crippen LogP) is 2.28. The lowest BCUT2D eigenvalue weighted by Gasteiger charge is -2.16. The molecule has 2 aromatic heterocycles. The maximum atomic E-state index is 12.4. The minimum Gasteiger partial charge on any atom is -0.377 e. The van der Waals surface area contributed by atoms with Crippen molar-refractivity contribution >= 4 is 40.1 Å². The lowest BCUT2D eigenvalue weighted by Crippen LogP contribution is -2.33. The van der Waals surface area contributed by atoms with Crippen LogP contribution in [0, 0.1) is 13.8 Å². The fourth-order valence-electron chi connectivity index (χ4n) is 4.26. The Balaban J connectivity index is 2.08. The fourth-order valence-corrected chi connectivity index (χ4v) is 4.26. The molecule has 0 amide bonds. The first kappa shape index (κ1) is 18.2. The van der Waals surface area contributed by atoms with E-state index in [2.05, 4.69) is 80.4 Å². The highest BCUT2D eigenvalue weighted by molar-refractivity contribution is 6.10. The zero-order chi connectivity index (χ0) is 20.3. The molecule has 0 atom stereocenters. The van der Waals surface area contributed by atoms with Crippen LogP contribution in [-0.2, 0) is 14.1 Å². The van der Waals surface area contributed by atoms with Gasteiger partial charge in [0.1, 0.15) is 0 Å². The molecular formula is C23H26N4O. The summed E-state index contributed by atoms with van der Waals surface area (Å²) in [6.45, 7) is 8.23. The van der Waals surface area contributed by atoms with Crippen molar-refractivity contribution in [1.82, 2.24) is 14.3 Å². The molecule has 0 spiro atoms. The molecule has 144 valence electrons. The molecule has 2 heterocycles. The Morgan fingerprint density at radius 3 is 2.36 bits per heavy atom. The summed E-state index contributed by atoms with van der Waals surface area (Å²) in [6, 6.07) is 8.82. The molecule has 0 aliphatic heterocycles. The molecule has 0 unspecified atom stereocenters. The van der Waals surface area contributed by atoms with Crippen molar-refractivity contribution in [1.29, 1.82) is 0 Å². The quantitative estimate of drug-likeness (QED) is 0.585. The van der Waals surface area contributed by atoms with Crippen LogP contribution in [-0.4, -0.2) is 28.4 Å². The molecule has 0 saturated heterocycles. The molecule has 0 fully saturated rings. The monoisotopic (exact) mass is 374 g/mol. The van der Waals surface area contributed by atoms with Crippen LogP contribution in [0.1, 0.15) is 16.7 Å². The largest absolute Gasteiger partial charge is 0.377 e. The van der Waals surface area contributed by atoms with Gasteiger partial charge >= 0.3 is 0 Å². The van der Waals surface area contributed by atoms with Crippen molar-refractivity contribution in [3.8, 4) is 0 Å². The van der Waals surface area contributed by atoms with E-state index in [0.717, 1.165) is 5.56 Å². The summed E-state index contributed by atoms with van der Waals surface area (Å²) in [5, 5.41) is 6.63. The first-order chi connectivity index (χ1) is 13.2. The molecule has 0 bridgehead atoms. The highest BCUT2D eigenvalue weighted by Gasteiger charge is 2.14. The van der Waals surface area contributed by atoms with Gasteiger partial charge in [0.15, 0.2) is 0 Å². The number of nitrogens with zero attached hydrogens (tertiary/aromatic N) is 3. The number of aromatic nitrogens is 3. The molecule has 4 rings (SSSR count). The standard InChI is InChI=1S/C23H26N4O/c1-13-9-18-19-11-16(10-17-15(3)24-27(7)23(17)28)8-14(2)22(19)26(6)21(18)12-20(13)25(4)5/h8-12,24H,3H2,1-2,4-7H3. The van der Waals surface area contributed by atoms with Crippen LogP contribution in [0.15, 0.2) is 29.1 Å². The summed E-state index contributed by atoms with van der Waals surface area (Å²) in [6.07, 6.45) is 1.92. The summed E-state index contributed by atoms with van der Waals surface area (Å²) >= 11 is 0. The molecule has 28 heavy (non-hydrogen) atoms. The number of aromatic amines is 1. The van der Waals surface area contributed by atoms with Crippen molar-refractivity contribution in [3.05, 3.63) is 61.9 Å². The lowest BCUT2D eigenvalue weighted by molar-refractivity contribution is 0.732. The van der Waals surface area contributed by atoms with Crippen LogP contribution in [0.4, 0.5) is 5.69 Å². The van der Waals surface area contributed by atoms with Crippen LogP contribution in [0.3, 0.4) is 0 Å². The highest BCUT2D eigenvalue weighted by atomic mass is 16.1. The van der Waals surface area contributed by atoms with E-state index in [9.17, 15) is 4.79 Å². The van der Waals surface area contributed by atoms with Crippen molar-refractivity contribution in [2.75, 3.05) is 19.0 Å². The number of fused-ring (bicyclic) bond motifs is 3. The van der Waals surface area contributed by atoms with Gasteiger partial charge in [0.2, 0.25) is 0 Å². The second kappa shape index (κ2) is 6.16. The van der Waals surface area contributed by atoms with E-state index in [1.807, 2.05) is 6.08 Å².